The lowest BCUT2D eigenvalue weighted by molar-refractivity contribution is 0.596. The van der Waals surface area contributed by atoms with Crippen LogP contribution in [0.25, 0.3) is 0 Å². The molecule has 2 rings (SSSR count). The lowest BCUT2D eigenvalue weighted by atomic mass is 10.1. The van der Waals surface area contributed by atoms with Crippen molar-refractivity contribution < 1.29 is 16.8 Å². The second-order valence-corrected chi connectivity index (χ2v) is 10.2. The van der Waals surface area contributed by atoms with E-state index in [4.69, 9.17) is 0 Å². The Morgan fingerprint density at radius 2 is 1.54 bits per heavy atom. The fourth-order valence-electron chi connectivity index (χ4n) is 3.14. The number of anilines is 2. The molecular formula is C18H24N2O4S2. The highest BCUT2D eigenvalue weighted by Crippen LogP contribution is 2.34. The smallest absolute Gasteiger partial charge is 0.262 e. The number of hydrogen-bond donors (Lipinski definition) is 1. The maximum atomic E-state index is 13.0. The van der Waals surface area contributed by atoms with E-state index in [0.29, 0.717) is 28.1 Å². The summed E-state index contributed by atoms with van der Waals surface area (Å²) >= 11 is 0. The van der Waals surface area contributed by atoms with Crippen LogP contribution in [0.15, 0.2) is 35.2 Å². The molecule has 0 atom stereocenters. The Labute approximate surface area is 156 Å². The van der Waals surface area contributed by atoms with Crippen molar-refractivity contribution in [1.82, 2.24) is 0 Å². The number of rotatable bonds is 5. The van der Waals surface area contributed by atoms with Gasteiger partial charge in [0.05, 0.1) is 16.8 Å². The van der Waals surface area contributed by atoms with Gasteiger partial charge in [0.15, 0.2) is 0 Å². The molecule has 0 radical (unpaired) electrons. The van der Waals surface area contributed by atoms with E-state index in [1.807, 2.05) is 13.0 Å². The van der Waals surface area contributed by atoms with Crippen LogP contribution in [-0.4, -0.2) is 30.1 Å². The minimum absolute atomic E-state index is 0.0927. The Balaban J connectivity index is 2.65. The van der Waals surface area contributed by atoms with Crippen LogP contribution >= 0.6 is 0 Å². The molecule has 0 bridgehead atoms. The summed E-state index contributed by atoms with van der Waals surface area (Å²) in [5, 5.41) is 0. The molecule has 2 aromatic rings. The van der Waals surface area contributed by atoms with Crippen molar-refractivity contribution in [1.29, 1.82) is 0 Å². The van der Waals surface area contributed by atoms with Crippen LogP contribution in [0.4, 0.5) is 11.4 Å². The molecule has 0 aliphatic rings. The lowest BCUT2D eigenvalue weighted by Gasteiger charge is -2.24. The molecule has 0 heterocycles. The third-order valence-corrected chi connectivity index (χ3v) is 7.06. The maximum absolute atomic E-state index is 13.0. The van der Waals surface area contributed by atoms with Gasteiger partial charge in [-0.05, 0) is 62.1 Å². The lowest BCUT2D eigenvalue weighted by Crippen LogP contribution is -2.27. The number of sulfonamides is 2. The van der Waals surface area contributed by atoms with Crippen LogP contribution in [0.1, 0.15) is 22.3 Å². The van der Waals surface area contributed by atoms with Gasteiger partial charge >= 0.3 is 0 Å². The van der Waals surface area contributed by atoms with Crippen LogP contribution < -0.4 is 9.03 Å². The van der Waals surface area contributed by atoms with Crippen LogP contribution in [0.2, 0.25) is 0 Å². The van der Waals surface area contributed by atoms with Gasteiger partial charge in [-0.15, -0.1) is 0 Å². The minimum Gasteiger partial charge on any atom is -0.280 e. The second-order valence-electron chi connectivity index (χ2n) is 6.52. The van der Waals surface area contributed by atoms with Crippen molar-refractivity contribution in [2.75, 3.05) is 22.3 Å². The zero-order valence-corrected chi connectivity index (χ0v) is 17.4. The summed E-state index contributed by atoms with van der Waals surface area (Å²) in [4.78, 5) is 0.0927. The van der Waals surface area contributed by atoms with E-state index in [1.54, 1.807) is 45.0 Å². The van der Waals surface area contributed by atoms with E-state index >= 15 is 0 Å². The van der Waals surface area contributed by atoms with Crippen LogP contribution in [-0.2, 0) is 20.0 Å². The van der Waals surface area contributed by atoms with Gasteiger partial charge in [-0.25, -0.2) is 16.8 Å². The Hall–Kier alpha value is -2.06. The summed E-state index contributed by atoms with van der Waals surface area (Å²) in [6.07, 6.45) is 1.09. The normalized spacial score (nSPS) is 12.1. The summed E-state index contributed by atoms with van der Waals surface area (Å²) in [6, 6.07) is 8.74. The molecule has 8 heteroatoms. The van der Waals surface area contributed by atoms with E-state index in [9.17, 15) is 16.8 Å². The molecule has 142 valence electrons. The van der Waals surface area contributed by atoms with Crippen molar-refractivity contribution in [3.63, 3.8) is 0 Å². The Kier molecular flexibility index (Phi) is 5.39. The van der Waals surface area contributed by atoms with Gasteiger partial charge in [0.25, 0.3) is 10.0 Å². The largest absolute Gasteiger partial charge is 0.280 e. The number of nitrogens with one attached hydrogen (secondary N) is 1. The molecular weight excluding hydrogens is 372 g/mol. The first-order valence-electron chi connectivity index (χ1n) is 7.99. The van der Waals surface area contributed by atoms with Gasteiger partial charge in [-0.3, -0.25) is 9.03 Å². The Morgan fingerprint density at radius 1 is 0.923 bits per heavy atom. The van der Waals surface area contributed by atoms with Crippen molar-refractivity contribution in [2.45, 2.75) is 32.6 Å². The van der Waals surface area contributed by atoms with Gasteiger partial charge < -0.3 is 0 Å². The SMILES string of the molecule is Cc1cccc(NS(=O)(=O)c2c(C)cc(C)c(N(C)S(C)(=O)=O)c2C)c1. The monoisotopic (exact) mass is 396 g/mol. The van der Waals surface area contributed by atoms with Crippen LogP contribution in [0, 0.1) is 27.7 Å². The fourth-order valence-corrected chi connectivity index (χ4v) is 5.27. The molecule has 0 amide bonds. The quantitative estimate of drug-likeness (QED) is 0.842. The molecule has 0 aliphatic heterocycles. The van der Waals surface area contributed by atoms with Crippen LogP contribution in [0.5, 0.6) is 0 Å². The molecule has 0 saturated carbocycles. The highest BCUT2D eigenvalue weighted by atomic mass is 32.2. The number of benzene rings is 2. The summed E-state index contributed by atoms with van der Waals surface area (Å²) in [6.45, 7) is 6.97. The maximum Gasteiger partial charge on any atom is 0.262 e. The number of nitrogens with zero attached hydrogens (tertiary/aromatic N) is 1. The van der Waals surface area contributed by atoms with Crippen molar-refractivity contribution in [2.24, 2.45) is 0 Å². The first-order valence-corrected chi connectivity index (χ1v) is 11.3. The highest BCUT2D eigenvalue weighted by Gasteiger charge is 2.26. The van der Waals surface area contributed by atoms with E-state index in [0.717, 1.165) is 16.1 Å². The Morgan fingerprint density at radius 3 is 2.08 bits per heavy atom. The molecule has 6 nitrogen and oxygen atoms in total. The molecule has 0 aromatic heterocycles. The molecule has 0 aliphatic carbocycles. The summed E-state index contributed by atoms with van der Waals surface area (Å²) in [5.41, 5.74) is 3.42. The fraction of sp³-hybridized carbons (Fsp3) is 0.333. The van der Waals surface area contributed by atoms with Gasteiger partial charge in [0.2, 0.25) is 10.0 Å². The number of hydrogen-bond acceptors (Lipinski definition) is 4. The predicted octanol–water partition coefficient (Wildman–Crippen LogP) is 3.12. The zero-order valence-electron chi connectivity index (χ0n) is 15.8. The molecule has 26 heavy (non-hydrogen) atoms. The average Bonchev–Trinajstić information content (AvgIpc) is 2.44. The van der Waals surface area contributed by atoms with Crippen molar-refractivity contribution in [3.8, 4) is 0 Å². The molecule has 0 fully saturated rings. The molecule has 1 N–H and O–H groups in total. The van der Waals surface area contributed by atoms with Crippen LogP contribution in [0.3, 0.4) is 0 Å². The van der Waals surface area contributed by atoms with E-state index in [2.05, 4.69) is 4.72 Å². The first-order chi connectivity index (χ1) is 11.8. The second kappa shape index (κ2) is 6.92. The van der Waals surface area contributed by atoms with E-state index in [1.165, 1.54) is 7.05 Å². The summed E-state index contributed by atoms with van der Waals surface area (Å²) in [5.74, 6) is 0. The third kappa shape index (κ3) is 4.02. The number of aryl methyl sites for hydroxylation is 3. The zero-order chi connectivity index (χ0) is 19.9. The average molecular weight is 397 g/mol. The summed E-state index contributed by atoms with van der Waals surface area (Å²) < 4.78 is 53.7. The van der Waals surface area contributed by atoms with E-state index in [-0.39, 0.29) is 4.90 Å². The van der Waals surface area contributed by atoms with Gasteiger partial charge in [-0.1, -0.05) is 18.2 Å². The Bertz CT molecular complexity index is 1060. The standard InChI is InChI=1S/C18H24N2O4S2/c1-12-8-7-9-16(10-12)19-26(23,24)18-14(3)11-13(2)17(15(18)4)20(5)25(6,21)22/h7-11,19H,1-6H3. The van der Waals surface area contributed by atoms with Crippen molar-refractivity contribution in [3.05, 3.63) is 52.6 Å². The van der Waals surface area contributed by atoms with E-state index < -0.39 is 20.0 Å². The first kappa shape index (κ1) is 20.3. The molecule has 0 unspecified atom stereocenters. The van der Waals surface area contributed by atoms with Gasteiger partial charge in [0, 0.05) is 12.7 Å². The topological polar surface area (TPSA) is 83.6 Å². The predicted molar refractivity (Wildman–Crippen MR) is 106 cm³/mol. The van der Waals surface area contributed by atoms with Gasteiger partial charge in [-0.2, -0.15) is 0 Å². The van der Waals surface area contributed by atoms with Gasteiger partial charge in [0.1, 0.15) is 0 Å². The third-order valence-electron chi connectivity index (χ3n) is 4.21. The van der Waals surface area contributed by atoms with Crippen molar-refractivity contribution >= 4 is 31.4 Å². The minimum atomic E-state index is -3.88. The molecule has 2 aromatic carbocycles. The highest BCUT2D eigenvalue weighted by molar-refractivity contribution is 7.93. The molecule has 0 saturated heterocycles. The molecule has 0 spiro atoms. The summed E-state index contributed by atoms with van der Waals surface area (Å²) in [7, 11) is -5.98.